The van der Waals surface area contributed by atoms with E-state index in [1.807, 2.05) is 0 Å². The molecular formula is C16H13Cl2NO2. The number of hydrogen-bond donors (Lipinski definition) is 1. The van der Waals surface area contributed by atoms with Crippen LogP contribution in [-0.2, 0) is 0 Å². The highest BCUT2D eigenvalue weighted by molar-refractivity contribution is 6.37. The van der Waals surface area contributed by atoms with E-state index in [1.165, 1.54) is 6.07 Å². The molecule has 0 aliphatic rings. The van der Waals surface area contributed by atoms with Crippen molar-refractivity contribution in [1.82, 2.24) is 0 Å². The first-order chi connectivity index (χ1) is 10.1. The van der Waals surface area contributed by atoms with Crippen molar-refractivity contribution in [2.45, 2.75) is 0 Å². The lowest BCUT2D eigenvalue weighted by Gasteiger charge is -2.09. The van der Waals surface area contributed by atoms with Crippen molar-refractivity contribution in [3.8, 4) is 5.75 Å². The highest BCUT2D eigenvalue weighted by atomic mass is 35.5. The average Bonchev–Trinajstić information content (AvgIpc) is 2.45. The van der Waals surface area contributed by atoms with E-state index in [4.69, 9.17) is 27.9 Å². The minimum Gasteiger partial charge on any atom is -0.489 e. The van der Waals surface area contributed by atoms with Gasteiger partial charge in [-0.05, 0) is 30.3 Å². The largest absolute Gasteiger partial charge is 0.489 e. The number of halogens is 2. The van der Waals surface area contributed by atoms with E-state index in [-0.39, 0.29) is 5.91 Å². The van der Waals surface area contributed by atoms with Crippen molar-refractivity contribution in [3.05, 3.63) is 70.7 Å². The minimum atomic E-state index is -0.308. The van der Waals surface area contributed by atoms with E-state index in [0.29, 0.717) is 33.7 Å². The van der Waals surface area contributed by atoms with Gasteiger partial charge in [0.15, 0.2) is 0 Å². The van der Waals surface area contributed by atoms with E-state index >= 15 is 0 Å². The second-order valence-electron chi connectivity index (χ2n) is 4.21. The molecule has 2 rings (SSSR count). The maximum absolute atomic E-state index is 12.2. The molecule has 0 heterocycles. The molecular weight excluding hydrogens is 309 g/mol. The predicted octanol–water partition coefficient (Wildman–Crippen LogP) is 4.81. The Morgan fingerprint density at radius 1 is 1.24 bits per heavy atom. The molecule has 2 aromatic rings. The van der Waals surface area contributed by atoms with Gasteiger partial charge in [0.1, 0.15) is 12.4 Å². The van der Waals surface area contributed by atoms with Crippen molar-refractivity contribution in [2.75, 3.05) is 11.9 Å². The summed E-state index contributed by atoms with van der Waals surface area (Å²) in [5.74, 6) is 0.340. The Bertz CT molecular complexity index is 671. The summed E-state index contributed by atoms with van der Waals surface area (Å²) in [5.41, 5.74) is 0.978. The highest BCUT2D eigenvalue weighted by Crippen LogP contribution is 2.23. The summed E-state index contributed by atoms with van der Waals surface area (Å²) >= 11 is 11.8. The van der Waals surface area contributed by atoms with Crippen LogP contribution in [0.5, 0.6) is 5.75 Å². The SMILES string of the molecule is C=CCOc1cccc(NC(=O)c2ccc(Cl)cc2Cl)c1. The van der Waals surface area contributed by atoms with E-state index in [1.54, 1.807) is 42.5 Å². The maximum Gasteiger partial charge on any atom is 0.257 e. The van der Waals surface area contributed by atoms with Gasteiger partial charge in [-0.3, -0.25) is 4.79 Å². The summed E-state index contributed by atoms with van der Waals surface area (Å²) in [6.45, 7) is 3.99. The molecule has 0 radical (unpaired) electrons. The molecule has 0 bridgehead atoms. The molecule has 0 saturated carbocycles. The van der Waals surface area contributed by atoms with Gasteiger partial charge in [-0.2, -0.15) is 0 Å². The number of carbonyl (C=O) groups excluding carboxylic acids is 1. The molecule has 1 N–H and O–H groups in total. The molecule has 0 spiro atoms. The summed E-state index contributed by atoms with van der Waals surface area (Å²) in [7, 11) is 0. The van der Waals surface area contributed by atoms with Crippen molar-refractivity contribution in [3.63, 3.8) is 0 Å². The molecule has 21 heavy (non-hydrogen) atoms. The van der Waals surface area contributed by atoms with Gasteiger partial charge >= 0.3 is 0 Å². The number of amides is 1. The van der Waals surface area contributed by atoms with Crippen molar-refractivity contribution in [2.24, 2.45) is 0 Å². The zero-order valence-electron chi connectivity index (χ0n) is 11.1. The van der Waals surface area contributed by atoms with Crippen LogP contribution >= 0.6 is 23.2 Å². The zero-order valence-corrected chi connectivity index (χ0v) is 12.6. The molecule has 2 aromatic carbocycles. The van der Waals surface area contributed by atoms with Crippen molar-refractivity contribution < 1.29 is 9.53 Å². The molecule has 0 saturated heterocycles. The lowest BCUT2D eigenvalue weighted by molar-refractivity contribution is 0.102. The van der Waals surface area contributed by atoms with E-state index in [2.05, 4.69) is 11.9 Å². The van der Waals surface area contributed by atoms with Gasteiger partial charge in [0.2, 0.25) is 0 Å². The van der Waals surface area contributed by atoms with Crippen LogP contribution in [-0.4, -0.2) is 12.5 Å². The highest BCUT2D eigenvalue weighted by Gasteiger charge is 2.11. The maximum atomic E-state index is 12.2. The smallest absolute Gasteiger partial charge is 0.257 e. The quantitative estimate of drug-likeness (QED) is 0.802. The third-order valence-corrected chi connectivity index (χ3v) is 3.18. The number of ether oxygens (including phenoxy) is 1. The fourth-order valence-corrected chi connectivity index (χ4v) is 2.19. The Labute approximate surface area is 133 Å². The predicted molar refractivity (Wildman–Crippen MR) is 86.5 cm³/mol. The Hall–Kier alpha value is -1.97. The molecule has 0 fully saturated rings. The Balaban J connectivity index is 2.13. The third-order valence-electron chi connectivity index (χ3n) is 2.64. The Kier molecular flexibility index (Phi) is 5.26. The first-order valence-corrected chi connectivity index (χ1v) is 6.96. The van der Waals surface area contributed by atoms with Crippen LogP contribution in [0, 0.1) is 0 Å². The molecule has 0 atom stereocenters. The first kappa shape index (κ1) is 15.4. The number of anilines is 1. The molecule has 5 heteroatoms. The summed E-state index contributed by atoms with van der Waals surface area (Å²) in [5, 5.41) is 3.55. The van der Waals surface area contributed by atoms with Gasteiger partial charge in [0.05, 0.1) is 10.6 Å². The number of carbonyl (C=O) groups is 1. The summed E-state index contributed by atoms with van der Waals surface area (Å²) in [6.07, 6.45) is 1.65. The molecule has 108 valence electrons. The van der Waals surface area contributed by atoms with Crippen molar-refractivity contribution in [1.29, 1.82) is 0 Å². The molecule has 0 aliphatic carbocycles. The molecule has 1 amide bonds. The number of benzene rings is 2. The summed E-state index contributed by atoms with van der Waals surface area (Å²) in [4.78, 5) is 12.2. The fraction of sp³-hybridized carbons (Fsp3) is 0.0625. The second-order valence-corrected chi connectivity index (χ2v) is 5.05. The number of nitrogens with one attached hydrogen (secondary N) is 1. The van der Waals surface area contributed by atoms with Crippen LogP contribution in [0.15, 0.2) is 55.1 Å². The van der Waals surface area contributed by atoms with E-state index in [0.717, 1.165) is 0 Å². The van der Waals surface area contributed by atoms with Crippen LogP contribution in [0.2, 0.25) is 10.0 Å². The first-order valence-electron chi connectivity index (χ1n) is 6.20. The topological polar surface area (TPSA) is 38.3 Å². The van der Waals surface area contributed by atoms with Crippen LogP contribution in [0.4, 0.5) is 5.69 Å². The molecule has 0 aliphatic heterocycles. The van der Waals surface area contributed by atoms with Gasteiger partial charge in [0.25, 0.3) is 5.91 Å². The standard InChI is InChI=1S/C16H13Cl2NO2/c1-2-8-21-13-5-3-4-12(10-13)19-16(20)14-7-6-11(17)9-15(14)18/h2-7,9-10H,1,8H2,(H,19,20). The van der Waals surface area contributed by atoms with Gasteiger partial charge < -0.3 is 10.1 Å². The van der Waals surface area contributed by atoms with Gasteiger partial charge in [0, 0.05) is 16.8 Å². The Morgan fingerprint density at radius 2 is 2.05 bits per heavy atom. The fourth-order valence-electron chi connectivity index (χ4n) is 1.69. The Morgan fingerprint density at radius 3 is 2.76 bits per heavy atom. The number of rotatable bonds is 5. The van der Waals surface area contributed by atoms with E-state index < -0.39 is 0 Å². The molecule has 0 aromatic heterocycles. The lowest BCUT2D eigenvalue weighted by Crippen LogP contribution is -2.12. The van der Waals surface area contributed by atoms with Crippen LogP contribution in [0.25, 0.3) is 0 Å². The molecule has 0 unspecified atom stereocenters. The van der Waals surface area contributed by atoms with Crippen molar-refractivity contribution >= 4 is 34.8 Å². The van der Waals surface area contributed by atoms with Crippen LogP contribution in [0.1, 0.15) is 10.4 Å². The van der Waals surface area contributed by atoms with Gasteiger partial charge in [-0.25, -0.2) is 0 Å². The van der Waals surface area contributed by atoms with Crippen LogP contribution < -0.4 is 10.1 Å². The lowest BCUT2D eigenvalue weighted by atomic mass is 10.2. The summed E-state index contributed by atoms with van der Waals surface area (Å²) < 4.78 is 5.41. The monoisotopic (exact) mass is 321 g/mol. The van der Waals surface area contributed by atoms with Gasteiger partial charge in [-0.15, -0.1) is 0 Å². The molecule has 3 nitrogen and oxygen atoms in total. The average molecular weight is 322 g/mol. The minimum absolute atomic E-state index is 0.305. The van der Waals surface area contributed by atoms with Gasteiger partial charge in [-0.1, -0.05) is 41.9 Å². The van der Waals surface area contributed by atoms with Crippen LogP contribution in [0.3, 0.4) is 0 Å². The number of hydrogen-bond acceptors (Lipinski definition) is 2. The summed E-state index contributed by atoms with van der Waals surface area (Å²) in [6, 6.07) is 11.8. The van der Waals surface area contributed by atoms with E-state index in [9.17, 15) is 4.79 Å². The second kappa shape index (κ2) is 7.16. The zero-order chi connectivity index (χ0) is 15.2. The normalized spacial score (nSPS) is 10.0. The third kappa shape index (κ3) is 4.25.